The Kier molecular flexibility index (Phi) is 5.62. The van der Waals surface area contributed by atoms with Gasteiger partial charge in [-0.3, -0.25) is 9.59 Å². The van der Waals surface area contributed by atoms with Gasteiger partial charge in [0.2, 0.25) is 5.91 Å². The van der Waals surface area contributed by atoms with Crippen molar-refractivity contribution < 1.29 is 4.79 Å². The van der Waals surface area contributed by atoms with Crippen LogP contribution in [0.1, 0.15) is 34.8 Å². The molecular weight excluding hydrogens is 386 g/mol. The van der Waals surface area contributed by atoms with Crippen molar-refractivity contribution in [1.29, 1.82) is 0 Å². The van der Waals surface area contributed by atoms with E-state index in [0.29, 0.717) is 18.9 Å². The largest absolute Gasteiger partial charge is 0.352 e. The van der Waals surface area contributed by atoms with E-state index < -0.39 is 0 Å². The predicted molar refractivity (Wildman–Crippen MR) is 116 cm³/mol. The van der Waals surface area contributed by atoms with E-state index in [4.69, 9.17) is 0 Å². The number of hydrogen-bond donors (Lipinski definition) is 1. The van der Waals surface area contributed by atoms with Crippen LogP contribution in [0.4, 0.5) is 5.82 Å². The number of hydrogen-bond acceptors (Lipinski definition) is 6. The summed E-state index contributed by atoms with van der Waals surface area (Å²) in [6.07, 6.45) is 2.38. The Balaban J connectivity index is 1.51. The van der Waals surface area contributed by atoms with Crippen LogP contribution in [0.15, 0.2) is 29.1 Å². The monoisotopic (exact) mass is 411 g/mol. The van der Waals surface area contributed by atoms with E-state index in [9.17, 15) is 9.59 Å². The van der Waals surface area contributed by atoms with Crippen LogP contribution in [-0.4, -0.2) is 33.5 Å². The van der Waals surface area contributed by atoms with Crippen LogP contribution in [0.2, 0.25) is 0 Å². The highest BCUT2D eigenvalue weighted by molar-refractivity contribution is 7.11. The fourth-order valence-electron chi connectivity index (χ4n) is 3.63. The minimum absolute atomic E-state index is 0.0916. The Morgan fingerprint density at radius 3 is 2.66 bits per heavy atom. The smallest absolute Gasteiger partial charge is 0.294 e. The Hall–Kier alpha value is -2.74. The molecule has 1 saturated heterocycles. The first kappa shape index (κ1) is 19.6. The maximum absolute atomic E-state index is 13.1. The van der Waals surface area contributed by atoms with Crippen molar-refractivity contribution in [3.05, 3.63) is 50.2 Å². The van der Waals surface area contributed by atoms with Gasteiger partial charge in [0, 0.05) is 30.9 Å². The number of para-hydroxylation sites is 2. The molecule has 1 N–H and O–H groups in total. The lowest BCUT2D eigenvalue weighted by molar-refractivity contribution is -0.121. The van der Waals surface area contributed by atoms with E-state index in [-0.39, 0.29) is 17.9 Å². The molecule has 8 heteroatoms. The third-order valence-electron chi connectivity index (χ3n) is 5.31. The molecule has 3 heterocycles. The fraction of sp³-hybridized carbons (Fsp3) is 0.429. The summed E-state index contributed by atoms with van der Waals surface area (Å²) in [7, 11) is 0. The molecule has 0 spiro atoms. The predicted octanol–water partition coefficient (Wildman–Crippen LogP) is 2.78. The molecule has 7 nitrogen and oxygen atoms in total. The van der Waals surface area contributed by atoms with Crippen LogP contribution in [0.25, 0.3) is 11.0 Å². The summed E-state index contributed by atoms with van der Waals surface area (Å²) in [6, 6.07) is 7.61. The summed E-state index contributed by atoms with van der Waals surface area (Å²) >= 11 is 1.60. The summed E-state index contributed by atoms with van der Waals surface area (Å²) in [6.45, 7) is 6.45. The van der Waals surface area contributed by atoms with Gasteiger partial charge >= 0.3 is 0 Å². The number of amides is 1. The van der Waals surface area contributed by atoms with Crippen LogP contribution >= 0.6 is 11.3 Å². The lowest BCUT2D eigenvalue weighted by Gasteiger charge is -2.19. The minimum Gasteiger partial charge on any atom is -0.352 e. The molecule has 1 fully saturated rings. The first-order valence-electron chi connectivity index (χ1n) is 9.97. The number of aromatic nitrogens is 3. The number of benzene rings is 1. The van der Waals surface area contributed by atoms with Gasteiger partial charge in [-0.1, -0.05) is 12.1 Å². The number of thiazole rings is 1. The number of carbonyl (C=O) groups excluding carboxylic acids is 1. The zero-order valence-electron chi connectivity index (χ0n) is 16.8. The van der Waals surface area contributed by atoms with Gasteiger partial charge in [-0.15, -0.1) is 11.3 Å². The van der Waals surface area contributed by atoms with Gasteiger partial charge in [-0.2, -0.15) is 0 Å². The molecule has 0 saturated carbocycles. The molecule has 0 unspecified atom stereocenters. The van der Waals surface area contributed by atoms with Crippen molar-refractivity contribution in [2.45, 2.75) is 46.2 Å². The Morgan fingerprint density at radius 2 is 1.93 bits per heavy atom. The lowest BCUT2D eigenvalue weighted by atomic mass is 10.2. The SMILES string of the molecule is Cc1nc(CNC(=O)CCn2c(=O)c(N3CCCC3)nc3ccccc32)sc1C. The summed E-state index contributed by atoms with van der Waals surface area (Å²) in [5.74, 6) is 0.404. The summed E-state index contributed by atoms with van der Waals surface area (Å²) in [4.78, 5) is 37.8. The average Bonchev–Trinajstić information content (AvgIpc) is 3.35. The van der Waals surface area contributed by atoms with E-state index >= 15 is 0 Å². The maximum Gasteiger partial charge on any atom is 0.294 e. The van der Waals surface area contributed by atoms with Gasteiger partial charge in [0.25, 0.3) is 5.56 Å². The van der Waals surface area contributed by atoms with Gasteiger partial charge in [0.1, 0.15) is 5.01 Å². The molecule has 0 radical (unpaired) electrons. The highest BCUT2D eigenvalue weighted by atomic mass is 32.1. The second-order valence-electron chi connectivity index (χ2n) is 7.35. The first-order chi connectivity index (χ1) is 14.0. The highest BCUT2D eigenvalue weighted by Crippen LogP contribution is 2.19. The van der Waals surface area contributed by atoms with Gasteiger partial charge in [-0.05, 0) is 38.8 Å². The number of carbonyl (C=O) groups is 1. The van der Waals surface area contributed by atoms with Crippen molar-refractivity contribution in [1.82, 2.24) is 19.9 Å². The lowest BCUT2D eigenvalue weighted by Crippen LogP contribution is -2.33. The third-order valence-corrected chi connectivity index (χ3v) is 6.39. The topological polar surface area (TPSA) is 80.1 Å². The van der Waals surface area contributed by atoms with Gasteiger partial charge < -0.3 is 14.8 Å². The van der Waals surface area contributed by atoms with Gasteiger partial charge in [0.05, 0.1) is 23.3 Å². The molecule has 0 atom stereocenters. The maximum atomic E-state index is 13.1. The average molecular weight is 412 g/mol. The quantitative estimate of drug-likeness (QED) is 0.675. The Bertz CT molecular complexity index is 1080. The molecule has 2 aromatic heterocycles. The van der Waals surface area contributed by atoms with Crippen molar-refractivity contribution in [2.75, 3.05) is 18.0 Å². The van der Waals surface area contributed by atoms with Gasteiger partial charge in [-0.25, -0.2) is 9.97 Å². The summed E-state index contributed by atoms with van der Waals surface area (Å²) < 4.78 is 1.69. The van der Waals surface area contributed by atoms with E-state index in [2.05, 4.69) is 20.2 Å². The van der Waals surface area contributed by atoms with Crippen molar-refractivity contribution in [3.8, 4) is 0 Å². The van der Waals surface area contributed by atoms with Crippen molar-refractivity contribution in [3.63, 3.8) is 0 Å². The highest BCUT2D eigenvalue weighted by Gasteiger charge is 2.20. The Morgan fingerprint density at radius 1 is 1.17 bits per heavy atom. The van der Waals surface area contributed by atoms with E-state index in [0.717, 1.165) is 47.7 Å². The summed E-state index contributed by atoms with van der Waals surface area (Å²) in [5.41, 5.74) is 2.43. The number of anilines is 1. The zero-order valence-corrected chi connectivity index (χ0v) is 17.6. The number of nitrogens with one attached hydrogen (secondary N) is 1. The molecule has 1 aromatic carbocycles. The molecule has 29 heavy (non-hydrogen) atoms. The second-order valence-corrected chi connectivity index (χ2v) is 8.64. The number of fused-ring (bicyclic) bond motifs is 1. The van der Waals surface area contributed by atoms with E-state index in [1.807, 2.05) is 38.1 Å². The van der Waals surface area contributed by atoms with Crippen LogP contribution in [0.3, 0.4) is 0 Å². The zero-order chi connectivity index (χ0) is 20.4. The molecule has 0 bridgehead atoms. The first-order valence-corrected chi connectivity index (χ1v) is 10.8. The summed E-state index contributed by atoms with van der Waals surface area (Å²) in [5, 5.41) is 3.81. The molecule has 1 amide bonds. The number of aryl methyl sites for hydroxylation is 3. The number of rotatable bonds is 6. The molecule has 4 rings (SSSR count). The fourth-order valence-corrected chi connectivity index (χ4v) is 4.50. The third kappa shape index (κ3) is 4.17. The molecule has 0 aliphatic carbocycles. The molecular formula is C21H25N5O2S. The molecule has 152 valence electrons. The van der Waals surface area contributed by atoms with Crippen molar-refractivity contribution >= 4 is 34.1 Å². The minimum atomic E-state index is -0.121. The van der Waals surface area contributed by atoms with Crippen LogP contribution in [0, 0.1) is 13.8 Å². The van der Waals surface area contributed by atoms with E-state index in [1.54, 1.807) is 15.9 Å². The van der Waals surface area contributed by atoms with Crippen LogP contribution in [-0.2, 0) is 17.9 Å². The van der Waals surface area contributed by atoms with Gasteiger partial charge in [0.15, 0.2) is 5.82 Å². The number of nitrogens with zero attached hydrogens (tertiary/aromatic N) is 4. The van der Waals surface area contributed by atoms with E-state index in [1.165, 1.54) is 4.88 Å². The van der Waals surface area contributed by atoms with Crippen LogP contribution < -0.4 is 15.8 Å². The molecule has 3 aromatic rings. The molecule has 1 aliphatic heterocycles. The standard InChI is InChI=1S/C21H25N5O2S/c1-14-15(2)29-19(23-14)13-22-18(27)9-12-26-17-8-4-3-7-16(17)24-20(21(26)28)25-10-5-6-11-25/h3-4,7-8H,5-6,9-13H2,1-2H3,(H,22,27). The normalized spacial score (nSPS) is 13.9. The van der Waals surface area contributed by atoms with Crippen molar-refractivity contribution in [2.24, 2.45) is 0 Å². The Labute approximate surface area is 173 Å². The molecule has 1 aliphatic rings. The second kappa shape index (κ2) is 8.32. The van der Waals surface area contributed by atoms with Crippen LogP contribution in [0.5, 0.6) is 0 Å².